The number of sulfonamides is 1. The SMILES string of the molecule is Cc1cc(S(=O)(=O)N2CC(O)C(O)C2)cc(N)c1F. The second-order valence-electron chi connectivity index (χ2n) is 4.60. The molecule has 0 aromatic heterocycles. The van der Waals surface area contributed by atoms with E-state index in [2.05, 4.69) is 0 Å². The van der Waals surface area contributed by atoms with Crippen molar-refractivity contribution in [1.82, 2.24) is 4.31 Å². The number of aliphatic hydroxyl groups excluding tert-OH is 2. The number of β-amino-alcohol motifs (C(OH)–C–C–N with tert-alkyl or cyclic N) is 2. The van der Waals surface area contributed by atoms with Crippen molar-refractivity contribution in [2.24, 2.45) is 0 Å². The van der Waals surface area contributed by atoms with Crippen LogP contribution in [-0.4, -0.2) is 48.2 Å². The smallest absolute Gasteiger partial charge is 0.243 e. The number of benzene rings is 1. The maximum atomic E-state index is 13.4. The number of halogens is 1. The molecule has 1 aliphatic rings. The van der Waals surface area contributed by atoms with Gasteiger partial charge in [0.15, 0.2) is 0 Å². The zero-order valence-corrected chi connectivity index (χ0v) is 11.1. The molecule has 2 rings (SSSR count). The van der Waals surface area contributed by atoms with Crippen LogP contribution < -0.4 is 5.73 Å². The molecule has 0 amide bonds. The van der Waals surface area contributed by atoms with Crippen LogP contribution in [0.25, 0.3) is 0 Å². The Kier molecular flexibility index (Phi) is 3.52. The number of anilines is 1. The van der Waals surface area contributed by atoms with Gasteiger partial charge in [0.2, 0.25) is 10.0 Å². The Morgan fingerprint density at radius 2 is 1.84 bits per heavy atom. The largest absolute Gasteiger partial charge is 0.396 e. The molecule has 0 bridgehead atoms. The van der Waals surface area contributed by atoms with Gasteiger partial charge in [-0.2, -0.15) is 4.31 Å². The van der Waals surface area contributed by atoms with Crippen molar-refractivity contribution in [3.8, 4) is 0 Å². The molecule has 1 fully saturated rings. The number of hydrogen-bond acceptors (Lipinski definition) is 5. The number of nitrogens with two attached hydrogens (primary N) is 1. The van der Waals surface area contributed by atoms with Gasteiger partial charge in [0.1, 0.15) is 5.82 Å². The van der Waals surface area contributed by atoms with E-state index in [9.17, 15) is 23.0 Å². The van der Waals surface area contributed by atoms with Crippen molar-refractivity contribution in [2.75, 3.05) is 18.8 Å². The summed E-state index contributed by atoms with van der Waals surface area (Å²) in [5.74, 6) is -0.652. The molecule has 1 aromatic rings. The second kappa shape index (κ2) is 4.71. The van der Waals surface area contributed by atoms with E-state index in [1.807, 2.05) is 0 Å². The van der Waals surface area contributed by atoms with Crippen LogP contribution in [-0.2, 0) is 10.0 Å². The minimum atomic E-state index is -3.90. The number of nitrogen functional groups attached to an aromatic ring is 1. The van der Waals surface area contributed by atoms with Crippen LogP contribution in [0.3, 0.4) is 0 Å². The zero-order valence-electron chi connectivity index (χ0n) is 10.2. The fraction of sp³-hybridized carbons (Fsp3) is 0.455. The molecule has 2 unspecified atom stereocenters. The van der Waals surface area contributed by atoms with E-state index in [1.165, 1.54) is 13.0 Å². The lowest BCUT2D eigenvalue weighted by Gasteiger charge is -2.16. The van der Waals surface area contributed by atoms with Crippen LogP contribution in [0.4, 0.5) is 10.1 Å². The molecular weight excluding hydrogens is 275 g/mol. The Bertz CT molecular complexity index is 572. The van der Waals surface area contributed by atoms with Crippen molar-refractivity contribution in [3.63, 3.8) is 0 Å². The highest BCUT2D eigenvalue weighted by Crippen LogP contribution is 2.26. The van der Waals surface area contributed by atoms with Crippen molar-refractivity contribution >= 4 is 15.7 Å². The summed E-state index contributed by atoms with van der Waals surface area (Å²) in [5.41, 5.74) is 5.29. The summed E-state index contributed by atoms with van der Waals surface area (Å²) >= 11 is 0. The van der Waals surface area contributed by atoms with E-state index >= 15 is 0 Å². The van der Waals surface area contributed by atoms with E-state index in [-0.39, 0.29) is 29.2 Å². The van der Waals surface area contributed by atoms with Crippen molar-refractivity contribution in [2.45, 2.75) is 24.0 Å². The minimum absolute atomic E-state index is 0.124. The molecule has 1 saturated heterocycles. The van der Waals surface area contributed by atoms with Crippen LogP contribution in [0.5, 0.6) is 0 Å². The van der Waals surface area contributed by atoms with E-state index in [4.69, 9.17) is 5.73 Å². The van der Waals surface area contributed by atoms with Gasteiger partial charge in [-0.3, -0.25) is 0 Å². The molecule has 4 N–H and O–H groups in total. The summed E-state index contributed by atoms with van der Waals surface area (Å²) in [7, 11) is -3.90. The van der Waals surface area contributed by atoms with Crippen LogP contribution in [0.1, 0.15) is 5.56 Å². The first-order valence-electron chi connectivity index (χ1n) is 5.65. The number of rotatable bonds is 2. The highest BCUT2D eigenvalue weighted by atomic mass is 32.2. The van der Waals surface area contributed by atoms with E-state index in [0.29, 0.717) is 0 Å². The number of hydrogen-bond donors (Lipinski definition) is 3. The molecule has 0 saturated carbocycles. The highest BCUT2D eigenvalue weighted by molar-refractivity contribution is 7.89. The zero-order chi connectivity index (χ0) is 14.4. The highest BCUT2D eigenvalue weighted by Gasteiger charge is 2.37. The van der Waals surface area contributed by atoms with Gasteiger partial charge in [0, 0.05) is 13.1 Å². The molecular formula is C11H15FN2O4S. The molecule has 106 valence electrons. The van der Waals surface area contributed by atoms with Crippen molar-refractivity contribution in [3.05, 3.63) is 23.5 Å². The lowest BCUT2D eigenvalue weighted by molar-refractivity contribution is 0.0572. The Balaban J connectivity index is 2.41. The summed E-state index contributed by atoms with van der Waals surface area (Å²) in [4.78, 5) is -0.148. The molecule has 6 nitrogen and oxygen atoms in total. The van der Waals surface area contributed by atoms with E-state index in [0.717, 1.165) is 10.4 Å². The summed E-state index contributed by atoms with van der Waals surface area (Å²) in [5, 5.41) is 18.8. The monoisotopic (exact) mass is 290 g/mol. The third-order valence-corrected chi connectivity index (χ3v) is 4.93. The third-order valence-electron chi connectivity index (χ3n) is 3.12. The average Bonchev–Trinajstić information content (AvgIpc) is 2.66. The molecule has 8 heteroatoms. The molecule has 1 heterocycles. The second-order valence-corrected chi connectivity index (χ2v) is 6.54. The maximum absolute atomic E-state index is 13.4. The van der Waals surface area contributed by atoms with Gasteiger partial charge in [-0.25, -0.2) is 12.8 Å². The predicted molar refractivity (Wildman–Crippen MR) is 66.3 cm³/mol. The number of nitrogens with zero attached hydrogens (tertiary/aromatic N) is 1. The normalized spacial score (nSPS) is 24.8. The van der Waals surface area contributed by atoms with Gasteiger partial charge >= 0.3 is 0 Å². The Hall–Kier alpha value is -1.22. The third kappa shape index (κ3) is 2.44. The molecule has 1 aromatic carbocycles. The van der Waals surface area contributed by atoms with Gasteiger partial charge in [0.05, 0.1) is 22.8 Å². The molecule has 0 spiro atoms. The Morgan fingerprint density at radius 1 is 1.32 bits per heavy atom. The lowest BCUT2D eigenvalue weighted by Crippen LogP contribution is -2.30. The van der Waals surface area contributed by atoms with Crippen LogP contribution in [0, 0.1) is 12.7 Å². The van der Waals surface area contributed by atoms with E-state index < -0.39 is 28.0 Å². The van der Waals surface area contributed by atoms with Crippen LogP contribution in [0.15, 0.2) is 17.0 Å². The first-order chi connectivity index (χ1) is 8.73. The first kappa shape index (κ1) is 14.2. The maximum Gasteiger partial charge on any atom is 0.243 e. The fourth-order valence-electron chi connectivity index (χ4n) is 1.99. The average molecular weight is 290 g/mol. The minimum Gasteiger partial charge on any atom is -0.396 e. The van der Waals surface area contributed by atoms with Crippen molar-refractivity contribution < 1.29 is 23.0 Å². The van der Waals surface area contributed by atoms with E-state index in [1.54, 1.807) is 0 Å². The first-order valence-corrected chi connectivity index (χ1v) is 7.09. The van der Waals surface area contributed by atoms with Gasteiger partial charge in [-0.1, -0.05) is 0 Å². The standard InChI is InChI=1S/C11H15FN2O4S/c1-6-2-7(3-8(13)11(6)12)19(17,18)14-4-9(15)10(16)5-14/h2-3,9-10,15-16H,4-5,13H2,1H3. The fourth-order valence-corrected chi connectivity index (χ4v) is 3.59. The Labute approximate surface area is 110 Å². The lowest BCUT2D eigenvalue weighted by atomic mass is 10.2. The molecule has 2 atom stereocenters. The van der Waals surface area contributed by atoms with Gasteiger partial charge < -0.3 is 15.9 Å². The van der Waals surface area contributed by atoms with Gasteiger partial charge in [-0.15, -0.1) is 0 Å². The quantitative estimate of drug-likeness (QED) is 0.634. The van der Waals surface area contributed by atoms with Crippen LogP contribution >= 0.6 is 0 Å². The van der Waals surface area contributed by atoms with Gasteiger partial charge in [0.25, 0.3) is 0 Å². The summed E-state index contributed by atoms with van der Waals surface area (Å²) in [6, 6.07) is 2.22. The molecule has 19 heavy (non-hydrogen) atoms. The van der Waals surface area contributed by atoms with Crippen molar-refractivity contribution in [1.29, 1.82) is 0 Å². The summed E-state index contributed by atoms with van der Waals surface area (Å²) in [6.45, 7) is 1.03. The molecule has 0 radical (unpaired) electrons. The Morgan fingerprint density at radius 3 is 2.32 bits per heavy atom. The summed E-state index contributed by atoms with van der Waals surface area (Å²) < 4.78 is 38.9. The van der Waals surface area contributed by atoms with Crippen LogP contribution in [0.2, 0.25) is 0 Å². The topological polar surface area (TPSA) is 104 Å². The number of aliphatic hydroxyl groups is 2. The predicted octanol–water partition coefficient (Wildman–Crippen LogP) is -0.558. The summed E-state index contributed by atoms with van der Waals surface area (Å²) in [6.07, 6.45) is -2.23. The molecule has 1 aliphatic heterocycles. The molecule has 0 aliphatic carbocycles. The number of aryl methyl sites for hydroxylation is 1. The van der Waals surface area contributed by atoms with Gasteiger partial charge in [-0.05, 0) is 24.6 Å².